The molecule has 6 nitrogen and oxygen atoms in total. The highest BCUT2D eigenvalue weighted by atomic mass is 32.2. The number of sulfone groups is 1. The van der Waals surface area contributed by atoms with Crippen LogP contribution in [-0.4, -0.2) is 29.0 Å². The number of nitrogens with one attached hydrogen (secondary N) is 1. The molecule has 9 heteroatoms. The summed E-state index contributed by atoms with van der Waals surface area (Å²) in [6, 6.07) is 8.73. The fourth-order valence-corrected chi connectivity index (χ4v) is 4.27. The Morgan fingerprint density at radius 3 is 2.20 bits per heavy atom. The Kier molecular flexibility index (Phi) is 5.28. The van der Waals surface area contributed by atoms with Gasteiger partial charge in [0.1, 0.15) is 5.82 Å². The maximum atomic E-state index is 12.8. The van der Waals surface area contributed by atoms with Crippen LogP contribution in [0.25, 0.3) is 0 Å². The van der Waals surface area contributed by atoms with E-state index in [0.717, 1.165) is 24.5 Å². The molecule has 1 amide bonds. The van der Waals surface area contributed by atoms with E-state index in [1.807, 2.05) is 4.72 Å². The highest BCUT2D eigenvalue weighted by Crippen LogP contribution is 2.17. The zero-order valence-electron chi connectivity index (χ0n) is 13.5. The van der Waals surface area contributed by atoms with Crippen molar-refractivity contribution in [2.24, 2.45) is 0 Å². The Balaban J connectivity index is 2.22. The summed E-state index contributed by atoms with van der Waals surface area (Å²) in [7, 11) is -7.58. The van der Waals surface area contributed by atoms with E-state index in [-0.39, 0.29) is 10.5 Å². The average molecular weight is 385 g/mol. The van der Waals surface area contributed by atoms with Gasteiger partial charge in [0.05, 0.1) is 10.6 Å². The molecule has 0 fully saturated rings. The van der Waals surface area contributed by atoms with E-state index in [1.54, 1.807) is 6.92 Å². The molecular weight excluding hydrogens is 369 g/mol. The van der Waals surface area contributed by atoms with Crippen molar-refractivity contribution >= 4 is 25.8 Å². The number of carbonyl (C=O) groups is 1. The number of hydrogen-bond acceptors (Lipinski definition) is 5. The Bertz CT molecular complexity index is 1010. The maximum absolute atomic E-state index is 12.8. The first-order valence-corrected chi connectivity index (χ1v) is 10.6. The van der Waals surface area contributed by atoms with Crippen LogP contribution < -0.4 is 4.72 Å². The van der Waals surface area contributed by atoms with Gasteiger partial charge in [-0.05, 0) is 42.3 Å². The van der Waals surface area contributed by atoms with Crippen LogP contribution in [0.5, 0.6) is 0 Å². The number of hydrogen-bond donors (Lipinski definition) is 1. The Hall–Kier alpha value is -2.26. The molecule has 2 rings (SSSR count). The van der Waals surface area contributed by atoms with Crippen molar-refractivity contribution in [3.8, 4) is 0 Å². The summed E-state index contributed by atoms with van der Waals surface area (Å²) in [4.78, 5) is 12.1. The fourth-order valence-electron chi connectivity index (χ4n) is 2.18. The molecule has 0 saturated carbocycles. The van der Waals surface area contributed by atoms with Gasteiger partial charge in [0.2, 0.25) is 10.0 Å². The number of aryl methyl sites for hydroxylation is 1. The van der Waals surface area contributed by atoms with E-state index >= 15 is 0 Å². The summed E-state index contributed by atoms with van der Waals surface area (Å²) in [5.74, 6) is -1.95. The lowest BCUT2D eigenvalue weighted by atomic mass is 10.1. The third kappa shape index (κ3) is 5.10. The zero-order valence-corrected chi connectivity index (χ0v) is 15.1. The third-order valence-electron chi connectivity index (χ3n) is 3.37. The molecule has 2 aromatic carbocycles. The summed E-state index contributed by atoms with van der Waals surface area (Å²) in [5, 5.41) is 0. The first-order valence-electron chi connectivity index (χ1n) is 7.08. The lowest BCUT2D eigenvalue weighted by Crippen LogP contribution is -2.31. The average Bonchev–Trinajstić information content (AvgIpc) is 2.48. The monoisotopic (exact) mass is 385 g/mol. The van der Waals surface area contributed by atoms with Gasteiger partial charge in [0, 0.05) is 11.8 Å². The molecule has 0 radical (unpaired) electrons. The molecule has 0 aliphatic heterocycles. The van der Waals surface area contributed by atoms with E-state index in [9.17, 15) is 26.0 Å². The second kappa shape index (κ2) is 6.93. The molecule has 0 atom stereocenters. The van der Waals surface area contributed by atoms with Crippen LogP contribution in [0.3, 0.4) is 0 Å². The molecule has 0 aliphatic rings. The second-order valence-corrected chi connectivity index (χ2v) is 9.28. The normalized spacial score (nSPS) is 12.0. The van der Waals surface area contributed by atoms with E-state index in [2.05, 4.69) is 0 Å². The van der Waals surface area contributed by atoms with E-state index in [1.165, 1.54) is 24.3 Å². The standard InChI is InChI=1S/C16H16FNO5S2/c1-11-3-6-13(9-15(11)24(2,20)21)16(19)18-25(22,23)10-12-4-7-14(17)8-5-12/h3-9H,10H2,1-2H3,(H,18,19). The molecule has 0 unspecified atom stereocenters. The minimum Gasteiger partial charge on any atom is -0.268 e. The van der Waals surface area contributed by atoms with Crippen molar-refractivity contribution in [3.63, 3.8) is 0 Å². The molecular formula is C16H16FNO5S2. The number of sulfonamides is 1. The third-order valence-corrected chi connectivity index (χ3v) is 5.82. The van der Waals surface area contributed by atoms with Crippen LogP contribution in [0.15, 0.2) is 47.4 Å². The Labute approximate surface area is 145 Å². The summed E-state index contributed by atoms with van der Waals surface area (Å²) < 4.78 is 62.3. The number of halogens is 1. The van der Waals surface area contributed by atoms with Gasteiger partial charge in [-0.15, -0.1) is 0 Å². The van der Waals surface area contributed by atoms with Gasteiger partial charge in [-0.1, -0.05) is 18.2 Å². The van der Waals surface area contributed by atoms with Crippen LogP contribution in [0.4, 0.5) is 4.39 Å². The fraction of sp³-hybridized carbons (Fsp3) is 0.188. The van der Waals surface area contributed by atoms with E-state index in [4.69, 9.17) is 0 Å². The summed E-state index contributed by atoms with van der Waals surface area (Å²) in [6.07, 6.45) is 1.00. The highest BCUT2D eigenvalue weighted by molar-refractivity contribution is 7.90. The van der Waals surface area contributed by atoms with Crippen LogP contribution >= 0.6 is 0 Å². The number of rotatable bonds is 5. The van der Waals surface area contributed by atoms with Gasteiger partial charge < -0.3 is 0 Å². The lowest BCUT2D eigenvalue weighted by molar-refractivity contribution is 0.0981. The first kappa shape index (κ1) is 19.1. The van der Waals surface area contributed by atoms with Crippen molar-refractivity contribution in [2.45, 2.75) is 17.6 Å². The zero-order chi connectivity index (χ0) is 18.8. The predicted molar refractivity (Wildman–Crippen MR) is 90.8 cm³/mol. The molecule has 1 N–H and O–H groups in total. The maximum Gasteiger partial charge on any atom is 0.264 e. The molecule has 2 aromatic rings. The van der Waals surface area contributed by atoms with E-state index < -0.39 is 37.3 Å². The molecule has 0 aliphatic carbocycles. The molecule has 0 bridgehead atoms. The van der Waals surface area contributed by atoms with Crippen LogP contribution in [0.1, 0.15) is 21.5 Å². The van der Waals surface area contributed by atoms with Crippen LogP contribution in [0, 0.1) is 12.7 Å². The van der Waals surface area contributed by atoms with E-state index in [0.29, 0.717) is 11.1 Å². The molecule has 0 saturated heterocycles. The molecule has 0 aromatic heterocycles. The van der Waals surface area contributed by atoms with Gasteiger partial charge in [-0.2, -0.15) is 0 Å². The number of benzene rings is 2. The van der Waals surface area contributed by atoms with Crippen molar-refractivity contribution in [1.82, 2.24) is 4.72 Å². The predicted octanol–water partition coefficient (Wildman–Crippen LogP) is 1.80. The SMILES string of the molecule is Cc1ccc(C(=O)NS(=O)(=O)Cc2ccc(F)cc2)cc1S(C)(=O)=O. The van der Waals surface area contributed by atoms with Crippen LogP contribution in [-0.2, 0) is 25.6 Å². The minimum atomic E-state index is -4.02. The summed E-state index contributed by atoms with van der Waals surface area (Å²) >= 11 is 0. The summed E-state index contributed by atoms with van der Waals surface area (Å²) in [6.45, 7) is 1.57. The Morgan fingerprint density at radius 1 is 1.04 bits per heavy atom. The topological polar surface area (TPSA) is 97.4 Å². The largest absolute Gasteiger partial charge is 0.268 e. The molecule has 25 heavy (non-hydrogen) atoms. The van der Waals surface area contributed by atoms with Crippen LogP contribution in [0.2, 0.25) is 0 Å². The second-order valence-electron chi connectivity index (χ2n) is 5.57. The number of amides is 1. The van der Waals surface area contributed by atoms with Crippen molar-refractivity contribution < 1.29 is 26.0 Å². The van der Waals surface area contributed by atoms with Gasteiger partial charge in [0.15, 0.2) is 9.84 Å². The quantitative estimate of drug-likeness (QED) is 0.846. The number of carbonyl (C=O) groups excluding carboxylic acids is 1. The van der Waals surface area contributed by atoms with Crippen molar-refractivity contribution in [3.05, 3.63) is 65.0 Å². The molecule has 0 heterocycles. The minimum absolute atomic E-state index is 0.0453. The smallest absolute Gasteiger partial charge is 0.264 e. The lowest BCUT2D eigenvalue weighted by Gasteiger charge is -2.09. The first-order chi connectivity index (χ1) is 11.5. The van der Waals surface area contributed by atoms with Gasteiger partial charge >= 0.3 is 0 Å². The Morgan fingerprint density at radius 2 is 1.64 bits per heavy atom. The van der Waals surface area contributed by atoms with Crippen molar-refractivity contribution in [2.75, 3.05) is 6.26 Å². The van der Waals surface area contributed by atoms with Gasteiger partial charge in [-0.3, -0.25) is 4.79 Å². The van der Waals surface area contributed by atoms with Gasteiger partial charge in [0.25, 0.3) is 5.91 Å². The van der Waals surface area contributed by atoms with Gasteiger partial charge in [-0.25, -0.2) is 25.9 Å². The summed E-state index contributed by atoms with van der Waals surface area (Å²) in [5.41, 5.74) is 0.671. The highest BCUT2D eigenvalue weighted by Gasteiger charge is 2.19. The molecule has 134 valence electrons. The molecule has 0 spiro atoms. The van der Waals surface area contributed by atoms with Crippen molar-refractivity contribution in [1.29, 1.82) is 0 Å².